The third kappa shape index (κ3) is 4.34. The number of rotatable bonds is 4. The molecule has 0 saturated carbocycles. The number of carbonyl (C=O) groups excluding carboxylic acids is 1. The summed E-state index contributed by atoms with van der Waals surface area (Å²) < 4.78 is 0. The predicted octanol–water partition coefficient (Wildman–Crippen LogP) is 0.125. The van der Waals surface area contributed by atoms with Crippen molar-refractivity contribution in [2.75, 3.05) is 24.5 Å². The molecule has 2 amide bonds. The number of aromatic nitrogens is 2. The van der Waals surface area contributed by atoms with E-state index in [0.717, 1.165) is 19.4 Å². The molecule has 7 nitrogen and oxygen atoms in total. The lowest BCUT2D eigenvalue weighted by Crippen LogP contribution is -2.51. The van der Waals surface area contributed by atoms with E-state index in [2.05, 4.69) is 25.5 Å². The van der Waals surface area contributed by atoms with Crippen molar-refractivity contribution < 1.29 is 9.90 Å². The summed E-state index contributed by atoms with van der Waals surface area (Å²) in [7, 11) is 0. The second-order valence-electron chi connectivity index (χ2n) is 5.04. The fourth-order valence-electron chi connectivity index (χ4n) is 2.21. The normalized spacial score (nSPS) is 20.3. The van der Waals surface area contributed by atoms with E-state index >= 15 is 0 Å². The largest absolute Gasteiger partial charge is 0.392 e. The average Bonchev–Trinajstić information content (AvgIpc) is 2.46. The van der Waals surface area contributed by atoms with Crippen molar-refractivity contribution in [1.29, 1.82) is 0 Å². The first-order valence-electron chi connectivity index (χ1n) is 6.89. The van der Waals surface area contributed by atoms with Crippen LogP contribution in [0, 0.1) is 0 Å². The molecule has 2 heterocycles. The number of aliphatic hydroxyl groups is 1. The van der Waals surface area contributed by atoms with Crippen molar-refractivity contribution in [3.63, 3.8) is 0 Å². The quantitative estimate of drug-likeness (QED) is 0.728. The van der Waals surface area contributed by atoms with Gasteiger partial charge in [-0.25, -0.2) is 14.8 Å². The van der Waals surface area contributed by atoms with E-state index in [1.165, 1.54) is 0 Å². The molecule has 7 heteroatoms. The zero-order valence-corrected chi connectivity index (χ0v) is 11.6. The van der Waals surface area contributed by atoms with Gasteiger partial charge < -0.3 is 20.6 Å². The Kier molecular flexibility index (Phi) is 5.11. The number of urea groups is 1. The van der Waals surface area contributed by atoms with E-state index in [-0.39, 0.29) is 18.6 Å². The van der Waals surface area contributed by atoms with Crippen molar-refractivity contribution in [1.82, 2.24) is 20.6 Å². The van der Waals surface area contributed by atoms with Crippen LogP contribution in [-0.4, -0.2) is 52.9 Å². The number of hydrogen-bond acceptors (Lipinski definition) is 5. The molecule has 20 heavy (non-hydrogen) atoms. The van der Waals surface area contributed by atoms with Gasteiger partial charge in [0.05, 0.1) is 6.10 Å². The van der Waals surface area contributed by atoms with Crippen molar-refractivity contribution in [3.8, 4) is 0 Å². The maximum atomic E-state index is 11.7. The minimum atomic E-state index is -0.540. The zero-order chi connectivity index (χ0) is 14.4. The van der Waals surface area contributed by atoms with Gasteiger partial charge in [0.1, 0.15) is 0 Å². The first-order chi connectivity index (χ1) is 9.65. The molecule has 0 unspecified atom stereocenters. The standard InChI is InChI=1S/C13H21N5O2/c1-10(19)8-16-13(20)17-11-4-2-7-18(9-11)12-14-5-3-6-15-12/h3,5-6,10-11,19H,2,4,7-9H2,1H3,(H2,16,17,20)/t10-,11+/m1/s1. The smallest absolute Gasteiger partial charge is 0.315 e. The molecular weight excluding hydrogens is 258 g/mol. The summed E-state index contributed by atoms with van der Waals surface area (Å²) in [5.41, 5.74) is 0. The topological polar surface area (TPSA) is 90.4 Å². The number of piperidine rings is 1. The third-order valence-corrected chi connectivity index (χ3v) is 3.15. The van der Waals surface area contributed by atoms with Crippen molar-refractivity contribution in [2.45, 2.75) is 31.9 Å². The van der Waals surface area contributed by atoms with Gasteiger partial charge in [0.25, 0.3) is 0 Å². The molecule has 0 spiro atoms. The van der Waals surface area contributed by atoms with Crippen LogP contribution in [0.2, 0.25) is 0 Å². The lowest BCUT2D eigenvalue weighted by atomic mass is 10.1. The first-order valence-corrected chi connectivity index (χ1v) is 6.89. The minimum absolute atomic E-state index is 0.0709. The van der Waals surface area contributed by atoms with E-state index in [1.54, 1.807) is 25.4 Å². The molecule has 2 atom stereocenters. The van der Waals surface area contributed by atoms with Crippen molar-refractivity contribution in [3.05, 3.63) is 18.5 Å². The molecule has 1 aliphatic heterocycles. The summed E-state index contributed by atoms with van der Waals surface area (Å²) in [6.07, 6.45) is 4.82. The molecule has 1 saturated heterocycles. The van der Waals surface area contributed by atoms with Crippen LogP contribution >= 0.6 is 0 Å². The van der Waals surface area contributed by atoms with Crippen LogP contribution in [0.5, 0.6) is 0 Å². The number of anilines is 1. The molecule has 1 aliphatic rings. The lowest BCUT2D eigenvalue weighted by molar-refractivity contribution is 0.186. The predicted molar refractivity (Wildman–Crippen MR) is 75.5 cm³/mol. The van der Waals surface area contributed by atoms with Gasteiger partial charge in [-0.05, 0) is 25.8 Å². The summed E-state index contributed by atoms with van der Waals surface area (Å²) in [4.78, 5) is 22.2. The number of nitrogens with zero attached hydrogens (tertiary/aromatic N) is 3. The number of carbonyl (C=O) groups is 1. The Morgan fingerprint density at radius 1 is 1.55 bits per heavy atom. The van der Waals surface area contributed by atoms with Gasteiger partial charge in [0, 0.05) is 38.1 Å². The van der Waals surface area contributed by atoms with Crippen LogP contribution in [0.3, 0.4) is 0 Å². The Balaban J connectivity index is 1.83. The molecule has 0 aromatic carbocycles. The molecule has 0 aliphatic carbocycles. The second-order valence-corrected chi connectivity index (χ2v) is 5.04. The Bertz CT molecular complexity index is 426. The Hall–Kier alpha value is -1.89. The van der Waals surface area contributed by atoms with Crippen LogP contribution in [0.1, 0.15) is 19.8 Å². The van der Waals surface area contributed by atoms with Crippen LogP contribution in [0.15, 0.2) is 18.5 Å². The van der Waals surface area contributed by atoms with Crippen LogP contribution in [-0.2, 0) is 0 Å². The Morgan fingerprint density at radius 3 is 3.00 bits per heavy atom. The van der Waals surface area contributed by atoms with Gasteiger partial charge in [-0.15, -0.1) is 0 Å². The second kappa shape index (κ2) is 7.04. The van der Waals surface area contributed by atoms with E-state index in [4.69, 9.17) is 5.11 Å². The molecule has 0 radical (unpaired) electrons. The monoisotopic (exact) mass is 279 g/mol. The Labute approximate surface area is 118 Å². The SMILES string of the molecule is C[C@@H](O)CNC(=O)N[C@H]1CCCN(c2ncccn2)C1. The van der Waals surface area contributed by atoms with E-state index in [1.807, 2.05) is 0 Å². The van der Waals surface area contributed by atoms with E-state index < -0.39 is 6.10 Å². The highest BCUT2D eigenvalue weighted by Gasteiger charge is 2.22. The van der Waals surface area contributed by atoms with Gasteiger partial charge in [0.2, 0.25) is 5.95 Å². The zero-order valence-electron chi connectivity index (χ0n) is 11.6. The fraction of sp³-hybridized carbons (Fsp3) is 0.615. The summed E-state index contributed by atoms with van der Waals surface area (Å²) in [6, 6.07) is 1.61. The lowest BCUT2D eigenvalue weighted by Gasteiger charge is -2.33. The molecule has 2 rings (SSSR count). The minimum Gasteiger partial charge on any atom is -0.392 e. The number of aliphatic hydroxyl groups excluding tert-OH is 1. The van der Waals surface area contributed by atoms with E-state index in [9.17, 15) is 4.79 Å². The molecule has 1 aromatic rings. The molecule has 3 N–H and O–H groups in total. The highest BCUT2D eigenvalue weighted by molar-refractivity contribution is 5.74. The van der Waals surface area contributed by atoms with Crippen LogP contribution < -0.4 is 15.5 Å². The van der Waals surface area contributed by atoms with Gasteiger partial charge in [-0.1, -0.05) is 0 Å². The summed E-state index contributed by atoms with van der Waals surface area (Å²) in [6.45, 7) is 3.49. The maximum absolute atomic E-state index is 11.7. The summed E-state index contributed by atoms with van der Waals surface area (Å²) >= 11 is 0. The molecule has 1 fully saturated rings. The number of hydrogen-bond donors (Lipinski definition) is 3. The molecule has 1 aromatic heterocycles. The van der Waals surface area contributed by atoms with Gasteiger partial charge in [0.15, 0.2) is 0 Å². The number of nitrogens with one attached hydrogen (secondary N) is 2. The summed E-state index contributed by atoms with van der Waals surface area (Å²) in [5.74, 6) is 0.698. The summed E-state index contributed by atoms with van der Waals surface area (Å²) in [5, 5.41) is 14.7. The number of amides is 2. The van der Waals surface area contributed by atoms with Gasteiger partial charge in [-0.2, -0.15) is 0 Å². The molecular formula is C13H21N5O2. The fourth-order valence-corrected chi connectivity index (χ4v) is 2.21. The van der Waals surface area contributed by atoms with Crippen molar-refractivity contribution in [2.24, 2.45) is 0 Å². The van der Waals surface area contributed by atoms with E-state index in [0.29, 0.717) is 12.5 Å². The van der Waals surface area contributed by atoms with Gasteiger partial charge in [-0.3, -0.25) is 0 Å². The highest BCUT2D eigenvalue weighted by atomic mass is 16.3. The van der Waals surface area contributed by atoms with Gasteiger partial charge >= 0.3 is 6.03 Å². The Morgan fingerprint density at radius 2 is 2.30 bits per heavy atom. The third-order valence-electron chi connectivity index (χ3n) is 3.15. The van der Waals surface area contributed by atoms with Crippen LogP contribution in [0.4, 0.5) is 10.7 Å². The maximum Gasteiger partial charge on any atom is 0.315 e. The molecule has 0 bridgehead atoms. The first kappa shape index (κ1) is 14.5. The highest BCUT2D eigenvalue weighted by Crippen LogP contribution is 2.14. The van der Waals surface area contributed by atoms with Crippen LogP contribution in [0.25, 0.3) is 0 Å². The molecule has 110 valence electrons. The average molecular weight is 279 g/mol. The van der Waals surface area contributed by atoms with Crippen molar-refractivity contribution >= 4 is 12.0 Å².